The number of quaternary nitrogens is 1. The van der Waals surface area contributed by atoms with Crippen molar-refractivity contribution in [1.29, 1.82) is 0 Å². The lowest BCUT2D eigenvalue weighted by Crippen LogP contribution is -2.40. The highest BCUT2D eigenvalue weighted by Crippen LogP contribution is 2.09. The zero-order valence-electron chi connectivity index (χ0n) is 7.90. The van der Waals surface area contributed by atoms with E-state index in [0.717, 1.165) is 0 Å². The van der Waals surface area contributed by atoms with E-state index in [2.05, 4.69) is 15.5 Å². The van der Waals surface area contributed by atoms with Gasteiger partial charge in [-0.3, -0.25) is 0 Å². The van der Waals surface area contributed by atoms with Crippen molar-refractivity contribution < 1.29 is 20.4 Å². The van der Waals surface area contributed by atoms with Gasteiger partial charge in [0.15, 0.2) is 5.69 Å². The first-order valence-corrected chi connectivity index (χ1v) is 3.64. The molecular weight excluding hydrogens is 174 g/mol. The second-order valence-corrected chi connectivity index (χ2v) is 2.00. The average Bonchev–Trinajstić information content (AvgIpc) is 2.50. The number of methoxy groups -OCH3 is 1. The summed E-state index contributed by atoms with van der Waals surface area (Å²) in [7, 11) is 4.47. The number of ether oxygens (including phenoxy) is 1. The summed E-state index contributed by atoms with van der Waals surface area (Å²) >= 11 is 0. The molecular formula is C7H13N3O3. The van der Waals surface area contributed by atoms with Gasteiger partial charge < -0.3 is 20.1 Å². The monoisotopic (exact) mass is 187 g/mol. The highest BCUT2D eigenvalue weighted by molar-refractivity contribution is 5.89. The molecule has 13 heavy (non-hydrogen) atoms. The third kappa shape index (κ3) is 2.45. The van der Waals surface area contributed by atoms with Crippen LogP contribution in [0.25, 0.3) is 0 Å². The molecule has 0 aromatic carbocycles. The maximum absolute atomic E-state index is 11.0. The van der Waals surface area contributed by atoms with Crippen molar-refractivity contribution >= 4 is 5.97 Å². The predicted molar refractivity (Wildman–Crippen MR) is 42.8 cm³/mol. The highest BCUT2D eigenvalue weighted by atomic mass is 16.5. The Bertz CT molecular complexity index is 283. The largest absolute Gasteiger partial charge is 0.858 e. The molecule has 6 heteroatoms. The Morgan fingerprint density at radius 2 is 2.23 bits per heavy atom. The molecule has 74 valence electrons. The lowest BCUT2D eigenvalue weighted by atomic mass is 10.5. The summed E-state index contributed by atoms with van der Waals surface area (Å²) in [6, 6.07) is 0. The molecule has 0 spiro atoms. The van der Waals surface area contributed by atoms with E-state index in [1.807, 2.05) is 0 Å². The first-order chi connectivity index (χ1) is 6.16. The molecule has 0 aliphatic heterocycles. The molecule has 1 aromatic heterocycles. The number of hydrogen-bond acceptors (Lipinski definition) is 4. The fourth-order valence-corrected chi connectivity index (χ4v) is 0.656. The molecule has 1 heterocycles. The predicted octanol–water partition coefficient (Wildman–Crippen LogP) is -1.86. The van der Waals surface area contributed by atoms with Gasteiger partial charge in [0.25, 0.3) is 0 Å². The molecule has 0 aliphatic rings. The van der Waals surface area contributed by atoms with Gasteiger partial charge in [-0.15, -0.1) is 0 Å². The number of carbonyl (C=O) groups excluding carboxylic acids is 1. The molecule has 0 amide bonds. The summed E-state index contributed by atoms with van der Waals surface area (Å²) in [5, 5.41) is 11.0. The molecule has 0 aliphatic carbocycles. The van der Waals surface area contributed by atoms with Crippen molar-refractivity contribution in [3.8, 4) is 5.88 Å². The molecule has 0 saturated heterocycles. The van der Waals surface area contributed by atoms with E-state index in [4.69, 9.17) is 0 Å². The Morgan fingerprint density at radius 1 is 1.69 bits per heavy atom. The van der Waals surface area contributed by atoms with E-state index in [-0.39, 0.29) is 5.69 Å². The van der Waals surface area contributed by atoms with Gasteiger partial charge in [-0.1, -0.05) is 0 Å². The molecule has 0 saturated carbocycles. The molecule has 0 atom stereocenters. The molecule has 1 rings (SSSR count). The topological polar surface area (TPSA) is 94.8 Å². The smallest absolute Gasteiger partial charge is 0.357 e. The van der Waals surface area contributed by atoms with Crippen LogP contribution in [0.1, 0.15) is 10.5 Å². The van der Waals surface area contributed by atoms with Crippen LogP contribution in [0, 0.1) is 0 Å². The number of hydrogen-bond donors (Lipinski definition) is 1. The highest BCUT2D eigenvalue weighted by Gasteiger charge is 2.09. The normalized spacial score (nSPS) is 8.62. The van der Waals surface area contributed by atoms with Crippen LogP contribution in [-0.4, -0.2) is 29.7 Å². The number of aromatic nitrogens is 2. The van der Waals surface area contributed by atoms with Crippen LogP contribution in [-0.2, 0) is 11.8 Å². The summed E-state index contributed by atoms with van der Waals surface area (Å²) < 4.78 is 5.53. The summed E-state index contributed by atoms with van der Waals surface area (Å²) in [6.45, 7) is 0. The zero-order valence-corrected chi connectivity index (χ0v) is 7.90. The third-order valence-electron chi connectivity index (χ3n) is 1.26. The van der Waals surface area contributed by atoms with Gasteiger partial charge in [0, 0.05) is 7.05 Å². The molecule has 0 fully saturated rings. The Hall–Kier alpha value is -1.56. The minimum atomic E-state index is -0.699. The molecule has 0 unspecified atom stereocenters. The minimum Gasteiger partial charge on any atom is -0.858 e. The van der Waals surface area contributed by atoms with Gasteiger partial charge in [-0.05, 0) is 5.88 Å². The Labute approximate surface area is 75.9 Å². The molecule has 0 bridgehead atoms. The summed E-state index contributed by atoms with van der Waals surface area (Å²) in [6.07, 6.45) is 1.27. The van der Waals surface area contributed by atoms with Gasteiger partial charge in [0.2, 0.25) is 0 Å². The van der Waals surface area contributed by atoms with Crippen LogP contribution in [0.2, 0.25) is 0 Å². The molecule has 0 radical (unpaired) electrons. The van der Waals surface area contributed by atoms with E-state index >= 15 is 0 Å². The zero-order chi connectivity index (χ0) is 10.4. The van der Waals surface area contributed by atoms with Crippen molar-refractivity contribution in [1.82, 2.24) is 9.55 Å². The van der Waals surface area contributed by atoms with Gasteiger partial charge >= 0.3 is 5.97 Å². The number of esters is 1. The number of rotatable bonds is 1. The quantitative estimate of drug-likeness (QED) is 0.521. The van der Waals surface area contributed by atoms with Crippen LogP contribution in [0.5, 0.6) is 5.88 Å². The van der Waals surface area contributed by atoms with Gasteiger partial charge in [-0.25, -0.2) is 9.78 Å². The number of imidazole rings is 1. The standard InChI is InChI=1S/C6H8N2O3.CH5N/c1-8-3-7-4(5(8)9)6(10)11-2;1-2/h3,9H,1-2H3;2H2,1H3. The molecule has 1 aromatic rings. The van der Waals surface area contributed by atoms with Gasteiger partial charge in [-0.2, -0.15) is 0 Å². The third-order valence-corrected chi connectivity index (χ3v) is 1.26. The first-order valence-electron chi connectivity index (χ1n) is 3.64. The summed E-state index contributed by atoms with van der Waals surface area (Å²) in [5.74, 6) is -1.13. The fourth-order valence-electron chi connectivity index (χ4n) is 0.656. The van der Waals surface area contributed by atoms with E-state index in [9.17, 15) is 9.90 Å². The first kappa shape index (κ1) is 11.4. The van der Waals surface area contributed by atoms with Crippen LogP contribution in [0.3, 0.4) is 0 Å². The maximum atomic E-state index is 11.0. The van der Waals surface area contributed by atoms with E-state index in [1.165, 1.54) is 25.1 Å². The average molecular weight is 187 g/mol. The van der Waals surface area contributed by atoms with Crippen molar-refractivity contribution in [2.45, 2.75) is 0 Å². The van der Waals surface area contributed by atoms with Crippen LogP contribution < -0.4 is 10.8 Å². The van der Waals surface area contributed by atoms with Crippen LogP contribution >= 0.6 is 0 Å². The Kier molecular flexibility index (Phi) is 4.53. The Morgan fingerprint density at radius 3 is 2.54 bits per heavy atom. The second kappa shape index (κ2) is 5.15. The summed E-state index contributed by atoms with van der Waals surface area (Å²) in [4.78, 5) is 14.3. The number of carbonyl (C=O) groups is 1. The fraction of sp³-hybridized carbons (Fsp3) is 0.429. The van der Waals surface area contributed by atoms with Crippen molar-refractivity contribution in [3.63, 3.8) is 0 Å². The Balaban J connectivity index is 0.000000671. The second-order valence-electron chi connectivity index (χ2n) is 2.00. The van der Waals surface area contributed by atoms with Crippen LogP contribution in [0.15, 0.2) is 6.33 Å². The van der Waals surface area contributed by atoms with E-state index < -0.39 is 11.8 Å². The van der Waals surface area contributed by atoms with Crippen molar-refractivity contribution in [2.24, 2.45) is 7.05 Å². The maximum Gasteiger partial charge on any atom is 0.357 e. The van der Waals surface area contributed by atoms with Gasteiger partial charge in [0.1, 0.15) is 0 Å². The summed E-state index contributed by atoms with van der Waals surface area (Å²) in [5.41, 5.74) is 3.08. The molecule has 3 N–H and O–H groups in total. The van der Waals surface area contributed by atoms with Crippen LogP contribution in [0.4, 0.5) is 0 Å². The SMILES string of the molecule is COC(=O)c1ncn(C)c1[O-].C[NH3+]. The number of aryl methyl sites for hydroxylation is 1. The minimum absolute atomic E-state index is 0.171. The van der Waals surface area contributed by atoms with Crippen molar-refractivity contribution in [3.05, 3.63) is 12.0 Å². The lowest BCUT2D eigenvalue weighted by molar-refractivity contribution is -0.325. The van der Waals surface area contributed by atoms with E-state index in [1.54, 1.807) is 7.05 Å². The number of nitrogens with zero attached hydrogens (tertiary/aromatic N) is 2. The lowest BCUT2D eigenvalue weighted by Gasteiger charge is -2.06. The van der Waals surface area contributed by atoms with Crippen molar-refractivity contribution in [2.75, 3.05) is 14.2 Å². The van der Waals surface area contributed by atoms with E-state index in [0.29, 0.717) is 0 Å². The van der Waals surface area contributed by atoms with Gasteiger partial charge in [0.05, 0.1) is 20.5 Å². The molecule has 6 nitrogen and oxygen atoms in total.